The van der Waals surface area contributed by atoms with Crippen LogP contribution in [0.2, 0.25) is 0 Å². The average molecular weight is 438 g/mol. The average Bonchev–Trinajstić information content (AvgIpc) is 3.33. The summed E-state index contributed by atoms with van der Waals surface area (Å²) in [6, 6.07) is 13.9. The zero-order chi connectivity index (χ0) is 22.0. The summed E-state index contributed by atoms with van der Waals surface area (Å²) < 4.78 is 16.7. The fourth-order valence-electron chi connectivity index (χ4n) is 3.11. The smallest absolute Gasteiger partial charge is 0.234 e. The first-order valence-corrected chi connectivity index (χ1v) is 10.5. The fourth-order valence-corrected chi connectivity index (χ4v) is 3.80. The van der Waals surface area contributed by atoms with Crippen LogP contribution in [0.4, 0.5) is 10.1 Å². The summed E-state index contributed by atoms with van der Waals surface area (Å²) in [4.78, 5) is 12.6. The number of halogens is 1. The number of anilines is 1. The van der Waals surface area contributed by atoms with E-state index in [4.69, 9.17) is 0 Å². The lowest BCUT2D eigenvalue weighted by molar-refractivity contribution is -0.113. The number of tetrazole rings is 1. The number of rotatable bonds is 6. The maximum atomic E-state index is 13.5. The highest BCUT2D eigenvalue weighted by Crippen LogP contribution is 2.24. The van der Waals surface area contributed by atoms with Gasteiger partial charge >= 0.3 is 0 Å². The molecule has 10 heteroatoms. The van der Waals surface area contributed by atoms with Gasteiger partial charge in [-0.2, -0.15) is 9.78 Å². The summed E-state index contributed by atoms with van der Waals surface area (Å²) in [5.41, 5.74) is 4.81. The van der Waals surface area contributed by atoms with E-state index in [0.717, 1.165) is 34.4 Å². The molecule has 0 spiro atoms. The summed E-state index contributed by atoms with van der Waals surface area (Å²) >= 11 is 1.16. The van der Waals surface area contributed by atoms with Crippen molar-refractivity contribution in [3.8, 4) is 11.4 Å². The van der Waals surface area contributed by atoms with E-state index in [1.807, 2.05) is 49.7 Å². The summed E-state index contributed by atoms with van der Waals surface area (Å²) in [7, 11) is 0. The SMILES string of the molecule is Cc1ccc(-n2nc(C)c(NC(=O)CSc3nnnn3-c3cccc(F)c3)c2C)cc1. The van der Waals surface area contributed by atoms with Crippen molar-refractivity contribution in [1.82, 2.24) is 30.0 Å². The normalized spacial score (nSPS) is 11.0. The van der Waals surface area contributed by atoms with E-state index in [9.17, 15) is 9.18 Å². The zero-order valence-electron chi connectivity index (χ0n) is 17.2. The van der Waals surface area contributed by atoms with Crippen LogP contribution < -0.4 is 5.32 Å². The minimum Gasteiger partial charge on any atom is -0.322 e. The van der Waals surface area contributed by atoms with Gasteiger partial charge in [-0.3, -0.25) is 4.79 Å². The number of aromatic nitrogens is 6. The molecule has 1 amide bonds. The van der Waals surface area contributed by atoms with E-state index in [1.54, 1.807) is 12.1 Å². The molecule has 2 aromatic carbocycles. The molecular weight excluding hydrogens is 417 g/mol. The number of carbonyl (C=O) groups is 1. The summed E-state index contributed by atoms with van der Waals surface area (Å²) in [5.74, 6) is -0.517. The Bertz CT molecular complexity index is 1230. The molecule has 0 aliphatic carbocycles. The molecule has 0 saturated heterocycles. The second-order valence-corrected chi connectivity index (χ2v) is 7.93. The van der Waals surface area contributed by atoms with E-state index >= 15 is 0 Å². The number of amides is 1. The van der Waals surface area contributed by atoms with Crippen LogP contribution in [-0.2, 0) is 4.79 Å². The Kier molecular flexibility index (Phi) is 5.81. The Balaban J connectivity index is 1.46. The van der Waals surface area contributed by atoms with Crippen molar-refractivity contribution < 1.29 is 9.18 Å². The van der Waals surface area contributed by atoms with Gasteiger partial charge in [0.15, 0.2) is 0 Å². The van der Waals surface area contributed by atoms with Gasteiger partial charge in [-0.1, -0.05) is 35.5 Å². The first-order valence-electron chi connectivity index (χ1n) is 9.52. The maximum Gasteiger partial charge on any atom is 0.234 e. The predicted molar refractivity (Wildman–Crippen MR) is 116 cm³/mol. The molecule has 1 N–H and O–H groups in total. The first-order chi connectivity index (χ1) is 14.9. The van der Waals surface area contributed by atoms with Gasteiger partial charge in [-0.05, 0) is 61.5 Å². The standard InChI is InChI=1S/C21H20FN7OS/c1-13-7-9-17(10-8-13)28-15(3)20(14(2)25-28)23-19(30)12-31-21-24-26-27-29(21)18-6-4-5-16(22)11-18/h4-11H,12H2,1-3H3,(H,23,30). The number of carbonyl (C=O) groups excluding carboxylic acids is 1. The van der Waals surface area contributed by atoms with Gasteiger partial charge in [0.2, 0.25) is 11.1 Å². The molecule has 31 heavy (non-hydrogen) atoms. The number of thioether (sulfide) groups is 1. The highest BCUT2D eigenvalue weighted by molar-refractivity contribution is 7.99. The van der Waals surface area contributed by atoms with E-state index in [0.29, 0.717) is 16.5 Å². The van der Waals surface area contributed by atoms with Crippen LogP contribution in [0.1, 0.15) is 17.0 Å². The largest absolute Gasteiger partial charge is 0.322 e. The third-order valence-electron chi connectivity index (χ3n) is 4.66. The van der Waals surface area contributed by atoms with Crippen LogP contribution in [0.15, 0.2) is 53.7 Å². The van der Waals surface area contributed by atoms with Gasteiger partial charge in [0, 0.05) is 0 Å². The van der Waals surface area contributed by atoms with Crippen LogP contribution >= 0.6 is 11.8 Å². The minimum atomic E-state index is -0.391. The third-order valence-corrected chi connectivity index (χ3v) is 5.58. The number of nitrogens with one attached hydrogen (secondary N) is 1. The van der Waals surface area contributed by atoms with Crippen molar-refractivity contribution in [2.45, 2.75) is 25.9 Å². The van der Waals surface area contributed by atoms with Crippen LogP contribution in [0, 0.1) is 26.6 Å². The molecule has 0 unspecified atom stereocenters. The van der Waals surface area contributed by atoms with Gasteiger partial charge in [-0.15, -0.1) is 5.10 Å². The molecule has 0 radical (unpaired) electrons. The van der Waals surface area contributed by atoms with Gasteiger partial charge < -0.3 is 5.32 Å². The molecule has 4 rings (SSSR count). The second-order valence-electron chi connectivity index (χ2n) is 6.98. The Hall–Kier alpha value is -3.53. The van der Waals surface area contributed by atoms with Gasteiger partial charge in [0.1, 0.15) is 5.82 Å². The molecule has 4 aromatic rings. The molecular formula is C21H20FN7OS. The van der Waals surface area contributed by atoms with Crippen molar-refractivity contribution in [2.24, 2.45) is 0 Å². The second kappa shape index (κ2) is 8.68. The molecule has 0 fully saturated rings. The zero-order valence-corrected chi connectivity index (χ0v) is 18.0. The monoisotopic (exact) mass is 437 g/mol. The van der Waals surface area contributed by atoms with E-state index in [2.05, 4.69) is 25.9 Å². The number of benzene rings is 2. The quantitative estimate of drug-likeness (QED) is 0.463. The number of aryl methyl sites for hydroxylation is 2. The lowest BCUT2D eigenvalue weighted by atomic mass is 10.2. The highest BCUT2D eigenvalue weighted by atomic mass is 32.2. The predicted octanol–water partition coefficient (Wildman–Crippen LogP) is 3.64. The fraction of sp³-hybridized carbons (Fsp3) is 0.190. The van der Waals surface area contributed by atoms with E-state index in [-0.39, 0.29) is 11.7 Å². The lowest BCUT2D eigenvalue weighted by Gasteiger charge is -2.08. The van der Waals surface area contributed by atoms with Crippen molar-refractivity contribution in [2.75, 3.05) is 11.1 Å². The molecule has 0 aliphatic heterocycles. The van der Waals surface area contributed by atoms with Gasteiger partial charge in [0.25, 0.3) is 0 Å². The summed E-state index contributed by atoms with van der Waals surface area (Å²) in [6.45, 7) is 5.79. The van der Waals surface area contributed by atoms with Gasteiger partial charge in [-0.25, -0.2) is 9.07 Å². The maximum absolute atomic E-state index is 13.5. The van der Waals surface area contributed by atoms with Crippen molar-refractivity contribution in [3.05, 3.63) is 71.3 Å². The molecule has 158 valence electrons. The topological polar surface area (TPSA) is 90.5 Å². The molecule has 0 atom stereocenters. The molecule has 2 heterocycles. The first kappa shape index (κ1) is 20.7. The molecule has 0 aliphatic rings. The molecule has 0 bridgehead atoms. The Morgan fingerprint density at radius 1 is 1.06 bits per heavy atom. The van der Waals surface area contributed by atoms with Crippen LogP contribution in [0.5, 0.6) is 0 Å². The van der Waals surface area contributed by atoms with E-state index in [1.165, 1.54) is 16.8 Å². The number of hydrogen-bond acceptors (Lipinski definition) is 6. The third kappa shape index (κ3) is 4.48. The minimum absolute atomic E-state index is 0.0876. The van der Waals surface area contributed by atoms with Crippen LogP contribution in [0.25, 0.3) is 11.4 Å². The van der Waals surface area contributed by atoms with Gasteiger partial charge in [0.05, 0.1) is 34.2 Å². The highest BCUT2D eigenvalue weighted by Gasteiger charge is 2.17. The molecule has 0 saturated carbocycles. The van der Waals surface area contributed by atoms with Crippen LogP contribution in [0.3, 0.4) is 0 Å². The van der Waals surface area contributed by atoms with Crippen molar-refractivity contribution in [1.29, 1.82) is 0 Å². The Labute approximate surface area is 182 Å². The summed E-state index contributed by atoms with van der Waals surface area (Å²) in [5, 5.41) is 19.3. The number of nitrogens with zero attached hydrogens (tertiary/aromatic N) is 6. The Morgan fingerprint density at radius 3 is 2.58 bits per heavy atom. The van der Waals surface area contributed by atoms with Crippen LogP contribution in [-0.4, -0.2) is 41.6 Å². The summed E-state index contributed by atoms with van der Waals surface area (Å²) in [6.07, 6.45) is 0. The number of hydrogen-bond donors (Lipinski definition) is 1. The lowest BCUT2D eigenvalue weighted by Crippen LogP contribution is -2.16. The van der Waals surface area contributed by atoms with Crippen molar-refractivity contribution >= 4 is 23.4 Å². The van der Waals surface area contributed by atoms with Crippen molar-refractivity contribution in [3.63, 3.8) is 0 Å². The Morgan fingerprint density at radius 2 is 1.84 bits per heavy atom. The molecule has 8 nitrogen and oxygen atoms in total. The molecule has 2 aromatic heterocycles. The van der Waals surface area contributed by atoms with E-state index < -0.39 is 5.82 Å².